The molecule has 0 aromatic heterocycles. The van der Waals surface area contributed by atoms with Crippen molar-refractivity contribution in [2.75, 3.05) is 31.6 Å². The standard InChI is InChI=1S/C16H24N4/c1-4-20(5-2)16-11-9-15(10-12-16)19-18-14-8-6-7-13-17-3/h6-13,17H,4-5,14H2,1-3H3/b8-6-,13-7-,19-18+. The van der Waals surface area contributed by atoms with Gasteiger partial charge in [0.2, 0.25) is 0 Å². The molecule has 1 aromatic carbocycles. The molecular formula is C16H24N4. The summed E-state index contributed by atoms with van der Waals surface area (Å²) in [5.74, 6) is 0. The van der Waals surface area contributed by atoms with Crippen LogP contribution in [0.15, 0.2) is 58.9 Å². The first-order valence-electron chi connectivity index (χ1n) is 7.03. The molecule has 1 aromatic rings. The van der Waals surface area contributed by atoms with Gasteiger partial charge in [-0.1, -0.05) is 12.2 Å². The first kappa shape index (κ1) is 16.0. The smallest absolute Gasteiger partial charge is 0.0854 e. The predicted molar refractivity (Wildman–Crippen MR) is 86.7 cm³/mol. The number of benzene rings is 1. The summed E-state index contributed by atoms with van der Waals surface area (Å²) >= 11 is 0. The van der Waals surface area contributed by atoms with Crippen LogP contribution in [-0.2, 0) is 0 Å². The van der Waals surface area contributed by atoms with Gasteiger partial charge in [-0.15, -0.1) is 0 Å². The first-order valence-corrected chi connectivity index (χ1v) is 7.03. The monoisotopic (exact) mass is 272 g/mol. The van der Waals surface area contributed by atoms with Crippen LogP contribution in [0.4, 0.5) is 11.4 Å². The summed E-state index contributed by atoms with van der Waals surface area (Å²) in [5.41, 5.74) is 2.12. The van der Waals surface area contributed by atoms with E-state index in [1.54, 1.807) is 0 Å². The minimum absolute atomic E-state index is 0.589. The van der Waals surface area contributed by atoms with Crippen molar-refractivity contribution in [1.29, 1.82) is 0 Å². The SMILES string of the molecule is CCN(CC)c1ccc(/N=N/C/C=C\C=C/NC)cc1. The fraction of sp³-hybridized carbons (Fsp3) is 0.375. The molecule has 0 aliphatic rings. The van der Waals surface area contributed by atoms with Crippen molar-refractivity contribution in [3.63, 3.8) is 0 Å². The minimum atomic E-state index is 0.589. The van der Waals surface area contributed by atoms with Crippen LogP contribution in [0, 0.1) is 0 Å². The summed E-state index contributed by atoms with van der Waals surface area (Å²) < 4.78 is 0. The molecule has 0 heterocycles. The Balaban J connectivity index is 2.48. The van der Waals surface area contributed by atoms with E-state index in [-0.39, 0.29) is 0 Å². The first-order chi connectivity index (χ1) is 9.81. The van der Waals surface area contributed by atoms with Gasteiger partial charge in [0.25, 0.3) is 0 Å². The second-order valence-electron chi connectivity index (χ2n) is 4.19. The summed E-state index contributed by atoms with van der Waals surface area (Å²) in [6.07, 6.45) is 7.69. The van der Waals surface area contributed by atoms with Gasteiger partial charge in [-0.05, 0) is 50.4 Å². The van der Waals surface area contributed by atoms with E-state index in [4.69, 9.17) is 0 Å². The number of hydrogen-bond donors (Lipinski definition) is 1. The summed E-state index contributed by atoms with van der Waals surface area (Å²) in [7, 11) is 1.87. The minimum Gasteiger partial charge on any atom is -0.394 e. The number of rotatable bonds is 8. The largest absolute Gasteiger partial charge is 0.394 e. The lowest BCUT2D eigenvalue weighted by molar-refractivity contribution is 0.866. The van der Waals surface area contributed by atoms with Crippen LogP contribution in [0.3, 0.4) is 0 Å². The Kier molecular flexibility index (Phi) is 7.80. The lowest BCUT2D eigenvalue weighted by Gasteiger charge is -2.20. The Morgan fingerprint density at radius 3 is 2.40 bits per heavy atom. The van der Waals surface area contributed by atoms with Crippen LogP contribution in [0.25, 0.3) is 0 Å². The second-order valence-corrected chi connectivity index (χ2v) is 4.19. The molecule has 108 valence electrons. The zero-order valence-corrected chi connectivity index (χ0v) is 12.6. The zero-order chi connectivity index (χ0) is 14.6. The van der Waals surface area contributed by atoms with Gasteiger partial charge in [-0.2, -0.15) is 10.2 Å². The molecule has 0 amide bonds. The van der Waals surface area contributed by atoms with E-state index in [1.807, 2.05) is 43.6 Å². The fourth-order valence-corrected chi connectivity index (χ4v) is 1.78. The van der Waals surface area contributed by atoms with Gasteiger partial charge in [-0.3, -0.25) is 0 Å². The molecule has 0 unspecified atom stereocenters. The molecule has 0 fully saturated rings. The van der Waals surface area contributed by atoms with Crippen molar-refractivity contribution in [2.24, 2.45) is 10.2 Å². The molecule has 4 heteroatoms. The lowest BCUT2D eigenvalue weighted by atomic mass is 10.2. The zero-order valence-electron chi connectivity index (χ0n) is 12.6. The Labute approximate surface area is 121 Å². The number of nitrogens with one attached hydrogen (secondary N) is 1. The van der Waals surface area contributed by atoms with Gasteiger partial charge in [0.1, 0.15) is 0 Å². The Bertz CT molecular complexity index is 442. The Morgan fingerprint density at radius 1 is 1.10 bits per heavy atom. The van der Waals surface area contributed by atoms with E-state index < -0.39 is 0 Å². The summed E-state index contributed by atoms with van der Waals surface area (Å²) in [4.78, 5) is 2.30. The molecule has 20 heavy (non-hydrogen) atoms. The molecule has 1 N–H and O–H groups in total. The maximum absolute atomic E-state index is 4.19. The lowest BCUT2D eigenvalue weighted by Crippen LogP contribution is -2.21. The molecule has 0 atom stereocenters. The average molecular weight is 272 g/mol. The van der Waals surface area contributed by atoms with Crippen molar-refractivity contribution in [3.8, 4) is 0 Å². The van der Waals surface area contributed by atoms with Crippen molar-refractivity contribution in [2.45, 2.75) is 13.8 Å². The van der Waals surface area contributed by atoms with Crippen LogP contribution in [0.1, 0.15) is 13.8 Å². The van der Waals surface area contributed by atoms with E-state index in [0.29, 0.717) is 6.54 Å². The van der Waals surface area contributed by atoms with E-state index in [9.17, 15) is 0 Å². The number of nitrogens with zero attached hydrogens (tertiary/aromatic N) is 3. The Hall–Kier alpha value is -2.10. The number of azo groups is 1. The van der Waals surface area contributed by atoms with Crippen molar-refractivity contribution in [3.05, 3.63) is 48.7 Å². The van der Waals surface area contributed by atoms with Gasteiger partial charge in [0, 0.05) is 25.8 Å². The third-order valence-corrected chi connectivity index (χ3v) is 2.86. The van der Waals surface area contributed by atoms with Crippen molar-refractivity contribution < 1.29 is 0 Å². The summed E-state index contributed by atoms with van der Waals surface area (Å²) in [6, 6.07) is 8.18. The molecule has 0 aliphatic carbocycles. The third-order valence-electron chi connectivity index (χ3n) is 2.86. The highest BCUT2D eigenvalue weighted by molar-refractivity contribution is 5.52. The van der Waals surface area contributed by atoms with Crippen LogP contribution >= 0.6 is 0 Å². The highest BCUT2D eigenvalue weighted by Crippen LogP contribution is 2.19. The molecule has 4 nitrogen and oxygen atoms in total. The van der Waals surface area contributed by atoms with Gasteiger partial charge in [0.05, 0.1) is 12.2 Å². The molecule has 0 saturated carbocycles. The van der Waals surface area contributed by atoms with E-state index in [2.05, 4.69) is 46.4 Å². The van der Waals surface area contributed by atoms with Crippen LogP contribution in [-0.4, -0.2) is 26.7 Å². The molecule has 0 aliphatic heterocycles. The van der Waals surface area contributed by atoms with Gasteiger partial charge in [0.15, 0.2) is 0 Å². The topological polar surface area (TPSA) is 40.0 Å². The average Bonchev–Trinajstić information content (AvgIpc) is 2.49. The number of hydrogen-bond acceptors (Lipinski definition) is 4. The highest BCUT2D eigenvalue weighted by Gasteiger charge is 2.00. The van der Waals surface area contributed by atoms with E-state index >= 15 is 0 Å². The maximum Gasteiger partial charge on any atom is 0.0854 e. The van der Waals surface area contributed by atoms with Gasteiger partial charge >= 0.3 is 0 Å². The number of allylic oxidation sites excluding steroid dienone is 2. The molecular weight excluding hydrogens is 248 g/mol. The number of anilines is 1. The van der Waals surface area contributed by atoms with E-state index in [0.717, 1.165) is 18.8 Å². The van der Waals surface area contributed by atoms with E-state index in [1.165, 1.54) is 5.69 Å². The second kappa shape index (κ2) is 9.78. The van der Waals surface area contributed by atoms with Gasteiger partial charge < -0.3 is 10.2 Å². The molecule has 0 bridgehead atoms. The molecule has 0 saturated heterocycles. The van der Waals surface area contributed by atoms with Crippen LogP contribution in [0.5, 0.6) is 0 Å². The molecule has 1 rings (SSSR count). The van der Waals surface area contributed by atoms with Gasteiger partial charge in [-0.25, -0.2) is 0 Å². The normalized spacial score (nSPS) is 11.8. The van der Waals surface area contributed by atoms with Crippen LogP contribution in [0.2, 0.25) is 0 Å². The Morgan fingerprint density at radius 2 is 1.80 bits per heavy atom. The third kappa shape index (κ3) is 5.69. The fourth-order valence-electron chi connectivity index (χ4n) is 1.78. The van der Waals surface area contributed by atoms with Crippen molar-refractivity contribution >= 4 is 11.4 Å². The maximum atomic E-state index is 4.19. The van der Waals surface area contributed by atoms with Crippen LogP contribution < -0.4 is 10.2 Å². The predicted octanol–water partition coefficient (Wildman–Crippen LogP) is 3.91. The summed E-state index contributed by atoms with van der Waals surface area (Å²) in [5, 5.41) is 11.2. The van der Waals surface area contributed by atoms with Crippen molar-refractivity contribution in [1.82, 2.24) is 5.32 Å². The quantitative estimate of drug-likeness (QED) is 0.576. The molecule has 0 radical (unpaired) electrons. The highest BCUT2D eigenvalue weighted by atomic mass is 15.1. The molecule has 0 spiro atoms. The summed E-state index contributed by atoms with van der Waals surface area (Å²) in [6.45, 7) is 6.94.